The normalized spacial score (nSPS) is 10.2. The van der Waals surface area contributed by atoms with Crippen molar-refractivity contribution in [2.75, 3.05) is 0 Å². The van der Waals surface area contributed by atoms with Crippen LogP contribution in [0.5, 0.6) is 0 Å². The molecule has 0 amide bonds. The van der Waals surface area contributed by atoms with E-state index in [4.69, 9.17) is 5.26 Å². The second-order valence-corrected chi connectivity index (χ2v) is 2.45. The van der Waals surface area contributed by atoms with Gasteiger partial charge < -0.3 is 0 Å². The van der Waals surface area contributed by atoms with Crippen LogP contribution >= 0.6 is 0 Å². The molecule has 0 unspecified atom stereocenters. The molecule has 0 radical (unpaired) electrons. The zero-order chi connectivity index (χ0) is 9.68. The summed E-state index contributed by atoms with van der Waals surface area (Å²) in [7, 11) is 0. The van der Waals surface area contributed by atoms with Gasteiger partial charge in [0.25, 0.3) is 5.56 Å². The van der Waals surface area contributed by atoms with Crippen LogP contribution in [0.2, 0.25) is 0 Å². The highest BCUT2D eigenvalue weighted by molar-refractivity contribution is 5.21. The molecule has 1 rings (SSSR count). The number of rotatable bonds is 2. The van der Waals surface area contributed by atoms with Gasteiger partial charge in [-0.1, -0.05) is 12.2 Å². The molecule has 0 aliphatic rings. The van der Waals surface area contributed by atoms with Crippen LogP contribution < -0.4 is 5.56 Å². The van der Waals surface area contributed by atoms with Gasteiger partial charge in [0.15, 0.2) is 0 Å². The highest BCUT2D eigenvalue weighted by Crippen LogP contribution is 1.86. The first-order valence-corrected chi connectivity index (χ1v) is 3.85. The largest absolute Gasteiger partial charge is 0.294 e. The van der Waals surface area contributed by atoms with E-state index in [1.165, 1.54) is 17.1 Å². The fourth-order valence-electron chi connectivity index (χ4n) is 0.876. The Kier molecular flexibility index (Phi) is 2.98. The Balaban J connectivity index is 3.11. The Morgan fingerprint density at radius 1 is 1.77 bits per heavy atom. The maximum atomic E-state index is 11.4. The molecule has 1 aromatic heterocycles. The Morgan fingerprint density at radius 3 is 3.15 bits per heavy atom. The molecule has 0 aliphatic heterocycles. The van der Waals surface area contributed by atoms with Crippen molar-refractivity contribution in [3.8, 4) is 6.07 Å². The standard InChI is InChI=1S/C9H9N3O/c1-2-3-4-12-7-11-6-8(5-10)9(12)13/h2-3,6-7H,4H2,1H3/b3-2+. The molecule has 0 aliphatic carbocycles. The fourth-order valence-corrected chi connectivity index (χ4v) is 0.876. The van der Waals surface area contributed by atoms with Gasteiger partial charge in [-0.2, -0.15) is 5.26 Å². The number of aromatic nitrogens is 2. The van der Waals surface area contributed by atoms with E-state index in [1.54, 1.807) is 6.07 Å². The first kappa shape index (κ1) is 9.20. The van der Waals surface area contributed by atoms with Crippen molar-refractivity contribution in [3.05, 3.63) is 40.6 Å². The Labute approximate surface area is 75.8 Å². The van der Waals surface area contributed by atoms with Crippen LogP contribution in [0.4, 0.5) is 0 Å². The third-order valence-corrected chi connectivity index (χ3v) is 1.56. The summed E-state index contributed by atoms with van der Waals surface area (Å²) >= 11 is 0. The third kappa shape index (κ3) is 2.03. The predicted molar refractivity (Wildman–Crippen MR) is 48.0 cm³/mol. The van der Waals surface area contributed by atoms with Crippen LogP contribution in [0, 0.1) is 11.3 Å². The van der Waals surface area contributed by atoms with Crippen molar-refractivity contribution in [2.24, 2.45) is 0 Å². The van der Waals surface area contributed by atoms with Crippen LogP contribution in [0.15, 0.2) is 29.5 Å². The minimum Gasteiger partial charge on any atom is -0.294 e. The summed E-state index contributed by atoms with van der Waals surface area (Å²) in [5.41, 5.74) is -0.220. The Bertz CT molecular complexity index is 412. The summed E-state index contributed by atoms with van der Waals surface area (Å²) in [6.07, 6.45) is 6.35. The van der Waals surface area contributed by atoms with E-state index in [9.17, 15) is 4.79 Å². The van der Waals surface area contributed by atoms with Gasteiger partial charge in [-0.3, -0.25) is 9.36 Å². The molecule has 66 valence electrons. The van der Waals surface area contributed by atoms with Crippen molar-refractivity contribution in [1.29, 1.82) is 5.26 Å². The first-order chi connectivity index (χ1) is 6.29. The van der Waals surface area contributed by atoms with Gasteiger partial charge in [0.05, 0.1) is 12.5 Å². The summed E-state index contributed by atoms with van der Waals surface area (Å²) in [5, 5.41) is 8.55. The summed E-state index contributed by atoms with van der Waals surface area (Å²) in [4.78, 5) is 15.1. The van der Waals surface area contributed by atoms with Crippen molar-refractivity contribution >= 4 is 0 Å². The van der Waals surface area contributed by atoms with Gasteiger partial charge in [-0.15, -0.1) is 0 Å². The van der Waals surface area contributed by atoms with Gasteiger partial charge in [0.2, 0.25) is 0 Å². The molecular formula is C9H9N3O. The van der Waals surface area contributed by atoms with Crippen molar-refractivity contribution in [1.82, 2.24) is 9.55 Å². The smallest absolute Gasteiger partial charge is 0.271 e. The van der Waals surface area contributed by atoms with Crippen molar-refractivity contribution < 1.29 is 0 Å². The van der Waals surface area contributed by atoms with Gasteiger partial charge in [-0.05, 0) is 6.92 Å². The topological polar surface area (TPSA) is 58.7 Å². The predicted octanol–water partition coefficient (Wildman–Crippen LogP) is 0.691. The molecule has 0 fully saturated rings. The second-order valence-electron chi connectivity index (χ2n) is 2.45. The summed E-state index contributed by atoms with van der Waals surface area (Å²) in [6, 6.07) is 1.79. The maximum absolute atomic E-state index is 11.4. The van der Waals surface area contributed by atoms with Gasteiger partial charge >= 0.3 is 0 Å². The highest BCUT2D eigenvalue weighted by atomic mass is 16.1. The average Bonchev–Trinajstić information content (AvgIpc) is 2.16. The van der Waals surface area contributed by atoms with Gasteiger partial charge in [0.1, 0.15) is 11.6 Å². The number of nitriles is 1. The lowest BCUT2D eigenvalue weighted by Crippen LogP contribution is -2.21. The van der Waals surface area contributed by atoms with E-state index >= 15 is 0 Å². The number of hydrogen-bond donors (Lipinski definition) is 0. The Hall–Kier alpha value is -1.89. The van der Waals surface area contributed by atoms with Crippen molar-refractivity contribution in [2.45, 2.75) is 13.5 Å². The zero-order valence-electron chi connectivity index (χ0n) is 7.27. The average molecular weight is 175 g/mol. The molecule has 4 heteroatoms. The lowest BCUT2D eigenvalue weighted by Gasteiger charge is -1.99. The summed E-state index contributed by atoms with van der Waals surface area (Å²) in [5.74, 6) is 0. The lowest BCUT2D eigenvalue weighted by molar-refractivity contribution is 0.749. The lowest BCUT2D eigenvalue weighted by atomic mass is 10.3. The molecule has 4 nitrogen and oxygen atoms in total. The number of hydrogen-bond acceptors (Lipinski definition) is 3. The monoisotopic (exact) mass is 175 g/mol. The van der Waals surface area contributed by atoms with E-state index in [2.05, 4.69) is 4.98 Å². The van der Waals surface area contributed by atoms with E-state index in [-0.39, 0.29) is 11.1 Å². The molecule has 0 aromatic carbocycles. The molecular weight excluding hydrogens is 166 g/mol. The van der Waals surface area contributed by atoms with E-state index in [1.807, 2.05) is 19.1 Å². The van der Waals surface area contributed by atoms with Crippen LogP contribution in [0.1, 0.15) is 12.5 Å². The van der Waals surface area contributed by atoms with Gasteiger partial charge in [0, 0.05) is 6.54 Å². The first-order valence-electron chi connectivity index (χ1n) is 3.85. The summed E-state index contributed by atoms with van der Waals surface area (Å²) in [6.45, 7) is 2.32. The molecule has 0 atom stereocenters. The number of allylic oxidation sites excluding steroid dienone is 2. The maximum Gasteiger partial charge on any atom is 0.271 e. The Morgan fingerprint density at radius 2 is 2.54 bits per heavy atom. The molecule has 0 bridgehead atoms. The molecule has 0 saturated heterocycles. The quantitative estimate of drug-likeness (QED) is 0.621. The highest BCUT2D eigenvalue weighted by Gasteiger charge is 2.00. The van der Waals surface area contributed by atoms with Crippen LogP contribution in [0.3, 0.4) is 0 Å². The third-order valence-electron chi connectivity index (χ3n) is 1.56. The molecule has 13 heavy (non-hydrogen) atoms. The zero-order valence-corrected chi connectivity index (χ0v) is 7.27. The molecule has 1 aromatic rings. The van der Waals surface area contributed by atoms with E-state index in [0.29, 0.717) is 6.54 Å². The SMILES string of the molecule is C/C=C/Cn1cncc(C#N)c1=O. The molecule has 1 heterocycles. The fraction of sp³-hybridized carbons (Fsp3) is 0.222. The number of nitrogens with zero attached hydrogens (tertiary/aromatic N) is 3. The second kappa shape index (κ2) is 4.21. The minimum absolute atomic E-state index is 0.0759. The van der Waals surface area contributed by atoms with Crippen LogP contribution in [0.25, 0.3) is 0 Å². The van der Waals surface area contributed by atoms with Crippen LogP contribution in [-0.4, -0.2) is 9.55 Å². The molecule has 0 saturated carbocycles. The van der Waals surface area contributed by atoms with Crippen molar-refractivity contribution in [3.63, 3.8) is 0 Å². The van der Waals surface area contributed by atoms with E-state index < -0.39 is 0 Å². The molecule has 0 spiro atoms. The molecule has 0 N–H and O–H groups in total. The summed E-state index contributed by atoms with van der Waals surface area (Å²) < 4.78 is 1.39. The van der Waals surface area contributed by atoms with E-state index in [0.717, 1.165) is 0 Å². The minimum atomic E-state index is -0.296. The van der Waals surface area contributed by atoms with Gasteiger partial charge in [-0.25, -0.2) is 4.98 Å². The van der Waals surface area contributed by atoms with Crippen LogP contribution in [-0.2, 0) is 6.54 Å².